The van der Waals surface area contributed by atoms with E-state index in [0.29, 0.717) is 11.4 Å². The number of nitrogens with zero attached hydrogens (tertiary/aromatic N) is 2. The number of aliphatic hydroxyl groups excluding tert-OH is 1. The number of methoxy groups -OCH3 is 1. The first-order valence-electron chi connectivity index (χ1n) is 6.01. The summed E-state index contributed by atoms with van der Waals surface area (Å²) in [6.07, 6.45) is 6.13. The third kappa shape index (κ3) is 3.49. The molecule has 5 heteroatoms. The lowest BCUT2D eigenvalue weighted by Gasteiger charge is -2.02. The number of rotatable bonds is 4. The summed E-state index contributed by atoms with van der Waals surface area (Å²) in [5.74, 6) is 0.139. The Bertz CT molecular complexity index is 621. The SMILES string of the molecule is COC(=O)/C=C/c1cnc(-c2cccc(CO)c2)nc1. The summed E-state index contributed by atoms with van der Waals surface area (Å²) < 4.78 is 4.50. The molecule has 0 saturated heterocycles. The van der Waals surface area contributed by atoms with Gasteiger partial charge in [0, 0.05) is 29.6 Å². The molecule has 2 aromatic rings. The van der Waals surface area contributed by atoms with Crippen molar-refractivity contribution in [3.05, 3.63) is 53.9 Å². The van der Waals surface area contributed by atoms with Crippen LogP contribution in [0.15, 0.2) is 42.7 Å². The Labute approximate surface area is 116 Å². The number of hydrogen-bond donors (Lipinski definition) is 1. The van der Waals surface area contributed by atoms with Crippen molar-refractivity contribution in [2.75, 3.05) is 7.11 Å². The van der Waals surface area contributed by atoms with Crippen LogP contribution in [0.1, 0.15) is 11.1 Å². The van der Waals surface area contributed by atoms with Crippen molar-refractivity contribution in [2.45, 2.75) is 6.61 Å². The molecule has 0 spiro atoms. The van der Waals surface area contributed by atoms with Gasteiger partial charge in [0.2, 0.25) is 0 Å². The average molecular weight is 270 g/mol. The van der Waals surface area contributed by atoms with Crippen LogP contribution in [0.2, 0.25) is 0 Å². The molecule has 0 aliphatic rings. The van der Waals surface area contributed by atoms with Gasteiger partial charge in [-0.25, -0.2) is 14.8 Å². The predicted octanol–water partition coefficient (Wildman–Crippen LogP) is 1.82. The Hall–Kier alpha value is -2.53. The predicted molar refractivity (Wildman–Crippen MR) is 74.4 cm³/mol. The second kappa shape index (κ2) is 6.58. The van der Waals surface area contributed by atoms with Crippen LogP contribution in [0.25, 0.3) is 17.5 Å². The Morgan fingerprint density at radius 3 is 2.75 bits per heavy atom. The van der Waals surface area contributed by atoms with Crippen molar-refractivity contribution < 1.29 is 14.6 Å². The first-order chi connectivity index (χ1) is 9.72. The molecule has 0 amide bonds. The van der Waals surface area contributed by atoms with E-state index >= 15 is 0 Å². The molecule has 2 rings (SSSR count). The van der Waals surface area contributed by atoms with Crippen molar-refractivity contribution >= 4 is 12.0 Å². The average Bonchev–Trinajstić information content (AvgIpc) is 2.53. The Kier molecular flexibility index (Phi) is 4.57. The standard InChI is InChI=1S/C15H14N2O3/c1-20-14(19)6-5-12-8-16-15(17-9-12)13-4-2-3-11(7-13)10-18/h2-9,18H,10H2,1H3/b6-5+. The molecular formula is C15H14N2O3. The molecule has 0 saturated carbocycles. The highest BCUT2D eigenvalue weighted by Gasteiger charge is 2.02. The molecule has 5 nitrogen and oxygen atoms in total. The summed E-state index contributed by atoms with van der Waals surface area (Å²) in [4.78, 5) is 19.4. The summed E-state index contributed by atoms with van der Waals surface area (Å²) in [6.45, 7) is -0.0200. The fourth-order valence-corrected chi connectivity index (χ4v) is 1.61. The van der Waals surface area contributed by atoms with Crippen LogP contribution in [0, 0.1) is 0 Å². The van der Waals surface area contributed by atoms with E-state index in [0.717, 1.165) is 11.1 Å². The molecule has 0 atom stereocenters. The van der Waals surface area contributed by atoms with Gasteiger partial charge < -0.3 is 9.84 Å². The van der Waals surface area contributed by atoms with Gasteiger partial charge in [-0.1, -0.05) is 18.2 Å². The van der Waals surface area contributed by atoms with Gasteiger partial charge in [0.05, 0.1) is 13.7 Å². The van der Waals surface area contributed by atoms with Gasteiger partial charge in [0.1, 0.15) is 0 Å². The van der Waals surface area contributed by atoms with Gasteiger partial charge in [0.15, 0.2) is 5.82 Å². The maximum absolute atomic E-state index is 11.0. The van der Waals surface area contributed by atoms with E-state index in [1.807, 2.05) is 24.3 Å². The molecule has 20 heavy (non-hydrogen) atoms. The van der Waals surface area contributed by atoms with Crippen LogP contribution in [0.3, 0.4) is 0 Å². The molecular weight excluding hydrogens is 256 g/mol. The van der Waals surface area contributed by atoms with Gasteiger partial charge >= 0.3 is 5.97 Å². The van der Waals surface area contributed by atoms with E-state index in [1.54, 1.807) is 18.5 Å². The maximum Gasteiger partial charge on any atom is 0.330 e. The van der Waals surface area contributed by atoms with Crippen LogP contribution in [0.5, 0.6) is 0 Å². The fourth-order valence-electron chi connectivity index (χ4n) is 1.61. The highest BCUT2D eigenvalue weighted by atomic mass is 16.5. The number of benzene rings is 1. The topological polar surface area (TPSA) is 72.3 Å². The van der Waals surface area contributed by atoms with E-state index in [4.69, 9.17) is 5.11 Å². The number of esters is 1. The van der Waals surface area contributed by atoms with Gasteiger partial charge in [-0.2, -0.15) is 0 Å². The summed E-state index contributed by atoms with van der Waals surface area (Å²) in [6, 6.07) is 7.38. The second-order valence-electron chi connectivity index (χ2n) is 4.05. The maximum atomic E-state index is 11.0. The highest BCUT2D eigenvalue weighted by Crippen LogP contribution is 2.16. The number of hydrogen-bond acceptors (Lipinski definition) is 5. The number of carbonyl (C=O) groups excluding carboxylic acids is 1. The molecule has 0 fully saturated rings. The van der Waals surface area contributed by atoms with Crippen LogP contribution in [-0.4, -0.2) is 28.2 Å². The lowest BCUT2D eigenvalue weighted by atomic mass is 10.1. The zero-order valence-corrected chi connectivity index (χ0v) is 11.0. The summed E-state index contributed by atoms with van der Waals surface area (Å²) in [7, 11) is 1.32. The third-order valence-electron chi connectivity index (χ3n) is 2.65. The number of carbonyl (C=O) groups is 1. The minimum atomic E-state index is -0.426. The molecule has 0 bridgehead atoms. The molecule has 1 aromatic carbocycles. The van der Waals surface area contributed by atoms with Crippen LogP contribution >= 0.6 is 0 Å². The minimum absolute atomic E-state index is 0.0200. The zero-order valence-electron chi connectivity index (χ0n) is 11.0. The van der Waals surface area contributed by atoms with Crippen molar-refractivity contribution in [3.63, 3.8) is 0 Å². The van der Waals surface area contributed by atoms with Gasteiger partial charge in [-0.3, -0.25) is 0 Å². The largest absolute Gasteiger partial charge is 0.466 e. The number of aromatic nitrogens is 2. The fraction of sp³-hybridized carbons (Fsp3) is 0.133. The first-order valence-corrected chi connectivity index (χ1v) is 6.01. The van der Waals surface area contributed by atoms with E-state index in [-0.39, 0.29) is 6.61 Å². The lowest BCUT2D eigenvalue weighted by Crippen LogP contribution is -1.94. The smallest absolute Gasteiger partial charge is 0.330 e. The van der Waals surface area contributed by atoms with Crippen LogP contribution in [-0.2, 0) is 16.1 Å². The zero-order chi connectivity index (χ0) is 14.4. The van der Waals surface area contributed by atoms with Crippen molar-refractivity contribution in [2.24, 2.45) is 0 Å². The van der Waals surface area contributed by atoms with Crippen LogP contribution in [0.4, 0.5) is 0 Å². The Morgan fingerprint density at radius 1 is 1.35 bits per heavy atom. The Balaban J connectivity index is 2.19. The Morgan fingerprint density at radius 2 is 2.10 bits per heavy atom. The molecule has 0 unspecified atom stereocenters. The molecule has 0 aliphatic carbocycles. The lowest BCUT2D eigenvalue weighted by molar-refractivity contribution is -0.134. The van der Waals surface area contributed by atoms with E-state index < -0.39 is 5.97 Å². The van der Waals surface area contributed by atoms with Crippen LogP contribution < -0.4 is 0 Å². The monoisotopic (exact) mass is 270 g/mol. The molecule has 0 aliphatic heterocycles. The molecule has 1 N–H and O–H groups in total. The third-order valence-corrected chi connectivity index (χ3v) is 2.65. The van der Waals surface area contributed by atoms with E-state index in [9.17, 15) is 4.79 Å². The molecule has 102 valence electrons. The first kappa shape index (κ1) is 13.9. The highest BCUT2D eigenvalue weighted by molar-refractivity contribution is 5.86. The van der Waals surface area contributed by atoms with Crippen molar-refractivity contribution in [1.82, 2.24) is 9.97 Å². The quantitative estimate of drug-likeness (QED) is 0.677. The summed E-state index contributed by atoms with van der Waals surface area (Å²) in [5.41, 5.74) is 2.35. The molecule has 1 heterocycles. The van der Waals surface area contributed by atoms with Gasteiger partial charge in [-0.15, -0.1) is 0 Å². The molecule has 0 radical (unpaired) electrons. The van der Waals surface area contributed by atoms with Crippen molar-refractivity contribution in [3.8, 4) is 11.4 Å². The second-order valence-corrected chi connectivity index (χ2v) is 4.05. The van der Waals surface area contributed by atoms with E-state index in [1.165, 1.54) is 13.2 Å². The van der Waals surface area contributed by atoms with Gasteiger partial charge in [-0.05, 0) is 17.7 Å². The van der Waals surface area contributed by atoms with E-state index in [2.05, 4.69) is 14.7 Å². The molecule has 1 aromatic heterocycles. The number of ether oxygens (including phenoxy) is 1. The van der Waals surface area contributed by atoms with Crippen molar-refractivity contribution in [1.29, 1.82) is 0 Å². The minimum Gasteiger partial charge on any atom is -0.466 e. The summed E-state index contributed by atoms with van der Waals surface area (Å²) in [5, 5.41) is 9.10. The normalized spacial score (nSPS) is 10.7. The van der Waals surface area contributed by atoms with Gasteiger partial charge in [0.25, 0.3) is 0 Å². The summed E-state index contributed by atoms with van der Waals surface area (Å²) >= 11 is 0. The number of aliphatic hydroxyl groups is 1.